The lowest BCUT2D eigenvalue weighted by atomic mass is 10.0. The monoisotopic (exact) mass is 158 g/mol. The first-order valence-electron chi connectivity index (χ1n) is 3.90. The summed E-state index contributed by atoms with van der Waals surface area (Å²) >= 11 is 0. The first-order valence-corrected chi connectivity index (χ1v) is 3.90. The van der Waals surface area contributed by atoms with Crippen molar-refractivity contribution in [1.82, 2.24) is 0 Å². The van der Waals surface area contributed by atoms with E-state index in [2.05, 4.69) is 0 Å². The number of aliphatic hydroxyl groups is 1. The second-order valence-corrected chi connectivity index (χ2v) is 3.31. The predicted octanol–water partition coefficient (Wildman–Crippen LogP) is 2.09. The van der Waals surface area contributed by atoms with Gasteiger partial charge >= 0.3 is 0 Å². The molecule has 0 aliphatic rings. The van der Waals surface area contributed by atoms with Gasteiger partial charge in [0.25, 0.3) is 0 Å². The molecule has 66 valence electrons. The van der Waals surface area contributed by atoms with Crippen molar-refractivity contribution in [2.75, 3.05) is 0 Å². The Bertz CT molecular complexity index is 142. The summed E-state index contributed by atoms with van der Waals surface area (Å²) in [5.41, 5.74) is -0.774. The Morgan fingerprint density at radius 1 is 1.55 bits per heavy atom. The van der Waals surface area contributed by atoms with E-state index < -0.39 is 5.60 Å². The molecule has 0 saturated carbocycles. The Kier molecular flexibility index (Phi) is 3.59. The second kappa shape index (κ2) is 3.77. The zero-order chi connectivity index (χ0) is 9.07. The second-order valence-electron chi connectivity index (χ2n) is 3.31. The highest BCUT2D eigenvalue weighted by molar-refractivity contribution is 4.88. The maximum absolute atomic E-state index is 9.48. The third-order valence-corrected chi connectivity index (χ3v) is 1.76. The topological polar surface area (TPSA) is 29.5 Å². The fourth-order valence-electron chi connectivity index (χ4n) is 0.491. The Morgan fingerprint density at radius 3 is 2.27 bits per heavy atom. The van der Waals surface area contributed by atoms with Gasteiger partial charge in [0.05, 0.1) is 11.4 Å². The van der Waals surface area contributed by atoms with Crippen LogP contribution in [0.4, 0.5) is 0 Å². The molecule has 11 heavy (non-hydrogen) atoms. The third kappa shape index (κ3) is 4.04. The molecule has 0 rings (SSSR count). The largest absolute Gasteiger partial charge is 0.493 e. The maximum atomic E-state index is 9.48. The van der Waals surface area contributed by atoms with Crippen LogP contribution in [0.5, 0.6) is 0 Å². The SMILES string of the molecule is CC=C(C)OC(C)C(C)(C)O. The molecule has 1 atom stereocenters. The molecule has 0 amide bonds. The molecule has 0 aromatic rings. The van der Waals surface area contributed by atoms with Crippen LogP contribution in [0.15, 0.2) is 11.8 Å². The molecule has 1 N–H and O–H groups in total. The van der Waals surface area contributed by atoms with Crippen molar-refractivity contribution >= 4 is 0 Å². The molecule has 2 heteroatoms. The molecule has 0 aliphatic carbocycles. The van der Waals surface area contributed by atoms with Crippen LogP contribution in [0.25, 0.3) is 0 Å². The van der Waals surface area contributed by atoms with E-state index in [0.717, 1.165) is 5.76 Å². The molecule has 0 fully saturated rings. The Labute approximate surface area is 68.9 Å². The first-order chi connectivity index (χ1) is 4.88. The minimum atomic E-state index is -0.774. The lowest BCUT2D eigenvalue weighted by molar-refractivity contribution is -0.0534. The van der Waals surface area contributed by atoms with Crippen molar-refractivity contribution < 1.29 is 9.84 Å². The molecule has 0 bridgehead atoms. The van der Waals surface area contributed by atoms with E-state index in [1.54, 1.807) is 13.8 Å². The summed E-state index contributed by atoms with van der Waals surface area (Å²) < 4.78 is 5.38. The summed E-state index contributed by atoms with van der Waals surface area (Å²) in [4.78, 5) is 0. The highest BCUT2D eigenvalue weighted by atomic mass is 16.5. The number of hydrogen-bond acceptors (Lipinski definition) is 2. The van der Waals surface area contributed by atoms with Crippen molar-refractivity contribution in [3.63, 3.8) is 0 Å². The minimum Gasteiger partial charge on any atom is -0.493 e. The third-order valence-electron chi connectivity index (χ3n) is 1.76. The average Bonchev–Trinajstić information content (AvgIpc) is 1.85. The normalized spacial score (nSPS) is 16.4. The van der Waals surface area contributed by atoms with Crippen molar-refractivity contribution in [2.24, 2.45) is 0 Å². The van der Waals surface area contributed by atoms with Crippen molar-refractivity contribution in [1.29, 1.82) is 0 Å². The van der Waals surface area contributed by atoms with Gasteiger partial charge in [-0.2, -0.15) is 0 Å². The molecule has 0 aromatic carbocycles. The average molecular weight is 158 g/mol. The molecule has 0 saturated heterocycles. The van der Waals surface area contributed by atoms with Gasteiger partial charge in [-0.1, -0.05) is 0 Å². The number of hydrogen-bond donors (Lipinski definition) is 1. The fourth-order valence-corrected chi connectivity index (χ4v) is 0.491. The van der Waals surface area contributed by atoms with E-state index in [-0.39, 0.29) is 6.10 Å². The van der Waals surface area contributed by atoms with Crippen LogP contribution >= 0.6 is 0 Å². The van der Waals surface area contributed by atoms with Gasteiger partial charge in [0.1, 0.15) is 6.10 Å². The first kappa shape index (κ1) is 10.5. The molecule has 0 heterocycles. The van der Waals surface area contributed by atoms with E-state index in [0.29, 0.717) is 0 Å². The predicted molar refractivity (Wildman–Crippen MR) is 46.3 cm³/mol. The van der Waals surface area contributed by atoms with Crippen molar-refractivity contribution in [2.45, 2.75) is 46.3 Å². The highest BCUT2D eigenvalue weighted by Crippen LogP contribution is 2.14. The lowest BCUT2D eigenvalue weighted by Gasteiger charge is -2.26. The van der Waals surface area contributed by atoms with E-state index in [1.807, 2.05) is 26.8 Å². The molecule has 0 spiro atoms. The van der Waals surface area contributed by atoms with Crippen LogP contribution in [-0.2, 0) is 4.74 Å². The summed E-state index contributed by atoms with van der Waals surface area (Å²) in [6.45, 7) is 9.11. The maximum Gasteiger partial charge on any atom is 0.123 e. The number of ether oxygens (including phenoxy) is 1. The quantitative estimate of drug-likeness (QED) is 0.637. The van der Waals surface area contributed by atoms with Crippen molar-refractivity contribution in [3.8, 4) is 0 Å². The Morgan fingerprint density at radius 2 is 2.00 bits per heavy atom. The Balaban J connectivity index is 3.98. The fraction of sp³-hybridized carbons (Fsp3) is 0.778. The van der Waals surface area contributed by atoms with Crippen molar-refractivity contribution in [3.05, 3.63) is 11.8 Å². The number of allylic oxidation sites excluding steroid dienone is 2. The van der Waals surface area contributed by atoms with Gasteiger partial charge in [-0.25, -0.2) is 0 Å². The molecule has 0 aromatic heterocycles. The summed E-state index contributed by atoms with van der Waals surface area (Å²) in [5, 5.41) is 9.48. The van der Waals surface area contributed by atoms with E-state index >= 15 is 0 Å². The molecular weight excluding hydrogens is 140 g/mol. The highest BCUT2D eigenvalue weighted by Gasteiger charge is 2.23. The summed E-state index contributed by atoms with van der Waals surface area (Å²) in [7, 11) is 0. The van der Waals surface area contributed by atoms with Gasteiger partial charge in [-0.05, 0) is 40.7 Å². The van der Waals surface area contributed by atoms with Crippen LogP contribution in [0, 0.1) is 0 Å². The lowest BCUT2D eigenvalue weighted by Crippen LogP contribution is -2.35. The molecule has 1 unspecified atom stereocenters. The zero-order valence-corrected chi connectivity index (χ0v) is 8.01. The van der Waals surface area contributed by atoms with Crippen LogP contribution in [0.3, 0.4) is 0 Å². The molecular formula is C9H18O2. The van der Waals surface area contributed by atoms with E-state index in [4.69, 9.17) is 4.74 Å². The standard InChI is InChI=1S/C9H18O2/c1-6-7(2)11-8(3)9(4,5)10/h6,8,10H,1-5H3. The van der Waals surface area contributed by atoms with Gasteiger partial charge in [-0.15, -0.1) is 0 Å². The van der Waals surface area contributed by atoms with Gasteiger partial charge in [0.15, 0.2) is 0 Å². The summed E-state index contributed by atoms with van der Waals surface area (Å²) in [6.07, 6.45) is 1.71. The molecule has 2 nitrogen and oxygen atoms in total. The van der Waals surface area contributed by atoms with E-state index in [1.165, 1.54) is 0 Å². The van der Waals surface area contributed by atoms with Gasteiger partial charge in [-0.3, -0.25) is 0 Å². The van der Waals surface area contributed by atoms with Gasteiger partial charge in [0, 0.05) is 0 Å². The van der Waals surface area contributed by atoms with Gasteiger partial charge in [0.2, 0.25) is 0 Å². The van der Waals surface area contributed by atoms with Gasteiger partial charge < -0.3 is 9.84 Å². The Hall–Kier alpha value is -0.500. The van der Waals surface area contributed by atoms with Crippen LogP contribution in [0.2, 0.25) is 0 Å². The van der Waals surface area contributed by atoms with Crippen LogP contribution in [-0.4, -0.2) is 16.8 Å². The molecule has 0 radical (unpaired) electrons. The summed E-state index contributed by atoms with van der Waals surface area (Å²) in [5.74, 6) is 0.847. The van der Waals surface area contributed by atoms with Crippen LogP contribution < -0.4 is 0 Å². The number of rotatable bonds is 3. The molecule has 0 aliphatic heterocycles. The smallest absolute Gasteiger partial charge is 0.123 e. The summed E-state index contributed by atoms with van der Waals surface area (Å²) in [6, 6.07) is 0. The van der Waals surface area contributed by atoms with Crippen LogP contribution in [0.1, 0.15) is 34.6 Å². The minimum absolute atomic E-state index is 0.168. The van der Waals surface area contributed by atoms with E-state index in [9.17, 15) is 5.11 Å². The zero-order valence-electron chi connectivity index (χ0n) is 8.01.